The van der Waals surface area contributed by atoms with E-state index in [0.29, 0.717) is 24.2 Å². The Labute approximate surface area is 107 Å². The predicted octanol–water partition coefficient (Wildman–Crippen LogP) is 1.62. The summed E-state index contributed by atoms with van der Waals surface area (Å²) in [7, 11) is -3.46. The van der Waals surface area contributed by atoms with E-state index in [0.717, 1.165) is 0 Å². The molecule has 0 aromatic heterocycles. The van der Waals surface area contributed by atoms with Gasteiger partial charge in [0.25, 0.3) is 0 Å². The normalized spacial score (nSPS) is 12.0. The van der Waals surface area contributed by atoms with Crippen LogP contribution in [0, 0.1) is 0 Å². The molecule has 17 heavy (non-hydrogen) atoms. The molecule has 0 amide bonds. The van der Waals surface area contributed by atoms with Gasteiger partial charge in [0, 0.05) is 24.2 Å². The lowest BCUT2D eigenvalue weighted by atomic mass is 10.4. The molecule has 0 aliphatic rings. The molecule has 96 valence electrons. The van der Waals surface area contributed by atoms with Gasteiger partial charge in [-0.25, -0.2) is 13.1 Å². The minimum atomic E-state index is -3.46. The monoisotopic (exact) mass is 276 g/mol. The van der Waals surface area contributed by atoms with Crippen molar-refractivity contribution in [3.63, 3.8) is 0 Å². The van der Waals surface area contributed by atoms with Gasteiger partial charge in [-0.15, -0.1) is 0 Å². The maximum absolute atomic E-state index is 11.8. The van der Waals surface area contributed by atoms with Gasteiger partial charge < -0.3 is 5.32 Å². The highest BCUT2D eigenvalue weighted by molar-refractivity contribution is 7.89. The zero-order valence-corrected chi connectivity index (χ0v) is 11.5. The Hall–Kier alpha value is -0.620. The van der Waals surface area contributed by atoms with Crippen LogP contribution >= 0.6 is 11.6 Å². The summed E-state index contributed by atoms with van der Waals surface area (Å²) in [5, 5.41) is 3.54. The molecule has 0 atom stereocenters. The number of sulfonamides is 1. The van der Waals surface area contributed by atoms with E-state index >= 15 is 0 Å². The van der Waals surface area contributed by atoms with Crippen LogP contribution in [0.1, 0.15) is 13.8 Å². The van der Waals surface area contributed by atoms with E-state index in [1.807, 2.05) is 13.8 Å². The number of hydrogen-bond donors (Lipinski definition) is 2. The molecular weight excluding hydrogens is 260 g/mol. The van der Waals surface area contributed by atoms with Crippen LogP contribution in [0.4, 0.5) is 0 Å². The predicted molar refractivity (Wildman–Crippen MR) is 69.8 cm³/mol. The van der Waals surface area contributed by atoms with Crippen LogP contribution in [0.15, 0.2) is 29.2 Å². The number of nitrogens with one attached hydrogen (secondary N) is 2. The molecule has 1 aromatic carbocycles. The van der Waals surface area contributed by atoms with E-state index < -0.39 is 10.0 Å². The van der Waals surface area contributed by atoms with Crippen molar-refractivity contribution in [1.82, 2.24) is 10.0 Å². The zero-order chi connectivity index (χ0) is 12.9. The van der Waals surface area contributed by atoms with Crippen molar-refractivity contribution in [2.24, 2.45) is 0 Å². The first-order chi connectivity index (χ1) is 7.92. The summed E-state index contributed by atoms with van der Waals surface area (Å²) in [6.07, 6.45) is 0. The van der Waals surface area contributed by atoms with Crippen LogP contribution in [-0.2, 0) is 10.0 Å². The van der Waals surface area contributed by atoms with Gasteiger partial charge >= 0.3 is 0 Å². The summed E-state index contributed by atoms with van der Waals surface area (Å²) in [6, 6.07) is 6.54. The molecule has 0 unspecified atom stereocenters. The SMILES string of the molecule is CC(C)NCCNS(=O)(=O)c1cccc(Cl)c1. The number of benzene rings is 1. The van der Waals surface area contributed by atoms with E-state index in [9.17, 15) is 8.42 Å². The topological polar surface area (TPSA) is 58.2 Å². The molecule has 1 aromatic rings. The second-order valence-corrected chi connectivity index (χ2v) is 6.17. The summed E-state index contributed by atoms with van der Waals surface area (Å²) >= 11 is 5.75. The van der Waals surface area contributed by atoms with Gasteiger partial charge in [0.15, 0.2) is 0 Å². The maximum Gasteiger partial charge on any atom is 0.240 e. The lowest BCUT2D eigenvalue weighted by molar-refractivity contribution is 0.559. The fourth-order valence-electron chi connectivity index (χ4n) is 1.26. The summed E-state index contributed by atoms with van der Waals surface area (Å²) in [5.41, 5.74) is 0. The van der Waals surface area contributed by atoms with Crippen LogP contribution in [0.3, 0.4) is 0 Å². The van der Waals surface area contributed by atoms with E-state index in [1.165, 1.54) is 12.1 Å². The zero-order valence-electron chi connectivity index (χ0n) is 9.90. The van der Waals surface area contributed by atoms with E-state index in [-0.39, 0.29) is 4.90 Å². The summed E-state index contributed by atoms with van der Waals surface area (Å²) < 4.78 is 26.2. The van der Waals surface area contributed by atoms with Crippen molar-refractivity contribution >= 4 is 21.6 Å². The Kier molecular flexibility index (Phi) is 5.39. The van der Waals surface area contributed by atoms with Crippen LogP contribution in [0.2, 0.25) is 5.02 Å². The Bertz CT molecular complexity index is 460. The Morgan fingerprint density at radius 3 is 2.59 bits per heavy atom. The minimum Gasteiger partial charge on any atom is -0.313 e. The molecule has 0 aliphatic carbocycles. The first-order valence-electron chi connectivity index (χ1n) is 5.40. The first kappa shape index (κ1) is 14.4. The van der Waals surface area contributed by atoms with Crippen LogP contribution in [-0.4, -0.2) is 27.5 Å². The summed E-state index contributed by atoms with van der Waals surface area (Å²) in [4.78, 5) is 0.189. The largest absolute Gasteiger partial charge is 0.313 e. The van der Waals surface area contributed by atoms with Crippen LogP contribution < -0.4 is 10.0 Å². The van der Waals surface area contributed by atoms with Gasteiger partial charge in [-0.2, -0.15) is 0 Å². The molecule has 0 aliphatic heterocycles. The molecular formula is C11H17ClN2O2S. The lowest BCUT2D eigenvalue weighted by Gasteiger charge is -2.09. The number of halogens is 1. The van der Waals surface area contributed by atoms with E-state index in [1.54, 1.807) is 12.1 Å². The fourth-order valence-corrected chi connectivity index (χ4v) is 2.60. The molecule has 0 bridgehead atoms. The van der Waals surface area contributed by atoms with Crippen molar-refractivity contribution in [2.75, 3.05) is 13.1 Å². The number of rotatable bonds is 6. The van der Waals surface area contributed by atoms with Gasteiger partial charge in [-0.05, 0) is 18.2 Å². The molecule has 0 heterocycles. The van der Waals surface area contributed by atoms with Crippen molar-refractivity contribution in [3.8, 4) is 0 Å². The third-order valence-electron chi connectivity index (χ3n) is 2.08. The Morgan fingerprint density at radius 1 is 1.29 bits per heavy atom. The molecule has 0 saturated heterocycles. The van der Waals surface area contributed by atoms with Crippen molar-refractivity contribution in [1.29, 1.82) is 0 Å². The summed E-state index contributed by atoms with van der Waals surface area (Å²) in [5.74, 6) is 0. The van der Waals surface area contributed by atoms with Gasteiger partial charge in [0.05, 0.1) is 4.90 Å². The minimum absolute atomic E-state index is 0.189. The maximum atomic E-state index is 11.8. The molecule has 0 radical (unpaired) electrons. The van der Waals surface area contributed by atoms with Crippen molar-refractivity contribution in [2.45, 2.75) is 24.8 Å². The smallest absolute Gasteiger partial charge is 0.240 e. The van der Waals surface area contributed by atoms with E-state index in [2.05, 4.69) is 10.0 Å². The highest BCUT2D eigenvalue weighted by Gasteiger charge is 2.13. The highest BCUT2D eigenvalue weighted by Crippen LogP contribution is 2.14. The first-order valence-corrected chi connectivity index (χ1v) is 7.26. The van der Waals surface area contributed by atoms with Crippen LogP contribution in [0.5, 0.6) is 0 Å². The van der Waals surface area contributed by atoms with Crippen molar-refractivity contribution < 1.29 is 8.42 Å². The van der Waals surface area contributed by atoms with E-state index in [4.69, 9.17) is 11.6 Å². The van der Waals surface area contributed by atoms with Gasteiger partial charge in [-0.1, -0.05) is 31.5 Å². The highest BCUT2D eigenvalue weighted by atomic mass is 35.5. The molecule has 6 heteroatoms. The molecule has 0 saturated carbocycles. The number of hydrogen-bond acceptors (Lipinski definition) is 3. The van der Waals surface area contributed by atoms with Gasteiger partial charge in [-0.3, -0.25) is 0 Å². The quantitative estimate of drug-likeness (QED) is 0.776. The average molecular weight is 277 g/mol. The third kappa shape index (κ3) is 5.04. The van der Waals surface area contributed by atoms with Gasteiger partial charge in [0.2, 0.25) is 10.0 Å². The molecule has 0 spiro atoms. The molecule has 0 fully saturated rings. The second-order valence-electron chi connectivity index (χ2n) is 3.96. The lowest BCUT2D eigenvalue weighted by Crippen LogP contribution is -2.34. The second kappa shape index (κ2) is 6.35. The Balaban J connectivity index is 2.57. The molecule has 2 N–H and O–H groups in total. The summed E-state index contributed by atoms with van der Waals surface area (Å²) in [6.45, 7) is 4.96. The molecule has 4 nitrogen and oxygen atoms in total. The third-order valence-corrected chi connectivity index (χ3v) is 3.77. The van der Waals surface area contributed by atoms with Gasteiger partial charge in [0.1, 0.15) is 0 Å². The Morgan fingerprint density at radius 2 is 2.00 bits per heavy atom. The average Bonchev–Trinajstić information content (AvgIpc) is 2.24. The molecule has 1 rings (SSSR count). The van der Waals surface area contributed by atoms with Crippen molar-refractivity contribution in [3.05, 3.63) is 29.3 Å². The van der Waals surface area contributed by atoms with Crippen LogP contribution in [0.25, 0.3) is 0 Å². The standard InChI is InChI=1S/C11H17ClN2O2S/c1-9(2)13-6-7-14-17(15,16)11-5-3-4-10(12)8-11/h3-5,8-9,13-14H,6-7H2,1-2H3. The fraction of sp³-hybridized carbons (Fsp3) is 0.455.